The van der Waals surface area contributed by atoms with E-state index in [-0.39, 0.29) is 17.3 Å². The third-order valence-electron chi connectivity index (χ3n) is 2.15. The number of benzene rings is 1. The van der Waals surface area contributed by atoms with Crippen LogP contribution < -0.4 is 16.6 Å². The number of halogens is 2. The minimum atomic E-state index is 0.0261. The van der Waals surface area contributed by atoms with E-state index in [0.717, 1.165) is 0 Å². The predicted octanol–water partition coefficient (Wildman–Crippen LogP) is -0.221. The van der Waals surface area contributed by atoms with Crippen LogP contribution in [0.25, 0.3) is 0 Å². The van der Waals surface area contributed by atoms with Gasteiger partial charge in [-0.1, -0.05) is 29.3 Å². The molecule has 0 spiro atoms. The van der Waals surface area contributed by atoms with Crippen LogP contribution in [-0.4, -0.2) is 22.4 Å². The van der Waals surface area contributed by atoms with Gasteiger partial charge in [-0.2, -0.15) is 0 Å². The van der Waals surface area contributed by atoms with Crippen LogP contribution in [0.4, 0.5) is 5.82 Å². The van der Waals surface area contributed by atoms with Crippen LogP contribution in [0.1, 0.15) is 11.3 Å². The summed E-state index contributed by atoms with van der Waals surface area (Å²) in [6, 6.07) is 5.14. The normalized spacial score (nSPS) is 12.2. The Morgan fingerprint density at radius 1 is 1.32 bits per heavy atom. The molecule has 2 rings (SSSR count). The average molecular weight is 300 g/mol. The first-order chi connectivity index (χ1) is 9.09. The largest absolute Gasteiger partial charge is 0.379 e. The second kappa shape index (κ2) is 5.68. The van der Waals surface area contributed by atoms with E-state index in [0.29, 0.717) is 15.6 Å². The van der Waals surface area contributed by atoms with Gasteiger partial charge in [-0.15, -0.1) is 5.10 Å². The minimum absolute atomic E-state index is 0.0261. The predicted molar refractivity (Wildman–Crippen MR) is 72.0 cm³/mol. The minimum Gasteiger partial charge on any atom is -0.379 e. The number of nitrogen functional groups attached to an aromatic ring is 1. The summed E-state index contributed by atoms with van der Waals surface area (Å²) in [5, 5.41) is 14.3. The molecule has 0 atom stereocenters. The molecule has 0 fully saturated rings. The SMILES string of the molecule is NC(=N/[NH+]=C\c1c(Cl)cccc1Cl)c1nonc1N. The molecule has 0 aliphatic carbocycles. The van der Waals surface area contributed by atoms with E-state index in [1.807, 2.05) is 0 Å². The van der Waals surface area contributed by atoms with E-state index in [2.05, 4.69) is 25.1 Å². The molecule has 5 N–H and O–H groups in total. The maximum atomic E-state index is 5.98. The Balaban J connectivity index is 2.23. The van der Waals surface area contributed by atoms with E-state index < -0.39 is 0 Å². The maximum absolute atomic E-state index is 5.98. The third kappa shape index (κ3) is 3.01. The summed E-state index contributed by atoms with van der Waals surface area (Å²) in [5.41, 5.74) is 11.9. The van der Waals surface area contributed by atoms with Crippen molar-refractivity contribution < 1.29 is 9.73 Å². The van der Waals surface area contributed by atoms with Crippen molar-refractivity contribution in [1.82, 2.24) is 10.3 Å². The summed E-state index contributed by atoms with van der Waals surface area (Å²) in [5.74, 6) is 0.0806. The van der Waals surface area contributed by atoms with E-state index >= 15 is 0 Å². The fourth-order valence-electron chi connectivity index (χ4n) is 1.24. The van der Waals surface area contributed by atoms with Gasteiger partial charge < -0.3 is 11.5 Å². The van der Waals surface area contributed by atoms with Crippen molar-refractivity contribution in [2.45, 2.75) is 0 Å². The molecule has 1 aromatic heterocycles. The molecular weight excluding hydrogens is 291 g/mol. The van der Waals surface area contributed by atoms with Crippen LogP contribution in [0.15, 0.2) is 27.9 Å². The highest BCUT2D eigenvalue weighted by atomic mass is 35.5. The molecule has 0 saturated carbocycles. The third-order valence-corrected chi connectivity index (χ3v) is 2.81. The molecule has 7 nitrogen and oxygen atoms in total. The number of hydrogen-bond donors (Lipinski definition) is 3. The van der Waals surface area contributed by atoms with Gasteiger partial charge in [0.15, 0.2) is 11.5 Å². The second-order valence-electron chi connectivity index (χ2n) is 3.40. The standard InChI is InChI=1S/C10H8Cl2N6O/c11-6-2-1-3-7(12)5(6)4-15-16-9(13)8-10(14)18-19-17-8/h1-4H,(H2,13,16)(H2,14,18)/p+1/b15-4-. The lowest BCUT2D eigenvalue weighted by Crippen LogP contribution is -2.63. The molecule has 0 radical (unpaired) electrons. The van der Waals surface area contributed by atoms with Crippen molar-refractivity contribution in [3.8, 4) is 0 Å². The van der Waals surface area contributed by atoms with Crippen molar-refractivity contribution in [3.05, 3.63) is 39.5 Å². The fourth-order valence-corrected chi connectivity index (χ4v) is 1.75. The number of hydrogen-bond acceptors (Lipinski definition) is 5. The van der Waals surface area contributed by atoms with Gasteiger partial charge in [0.1, 0.15) is 0 Å². The summed E-state index contributed by atoms with van der Waals surface area (Å²) in [7, 11) is 0. The van der Waals surface area contributed by atoms with Crippen molar-refractivity contribution in [1.29, 1.82) is 0 Å². The highest BCUT2D eigenvalue weighted by Crippen LogP contribution is 2.21. The monoisotopic (exact) mass is 299 g/mol. The van der Waals surface area contributed by atoms with Crippen molar-refractivity contribution in [3.63, 3.8) is 0 Å². The number of hydrazone groups is 1. The molecular formula is C10H9Cl2N6O+. The van der Waals surface area contributed by atoms with Crippen LogP contribution >= 0.6 is 23.2 Å². The fraction of sp³-hybridized carbons (Fsp3) is 0. The molecule has 0 aliphatic heterocycles. The number of nitrogens with zero attached hydrogens (tertiary/aromatic N) is 3. The Morgan fingerprint density at radius 3 is 2.58 bits per heavy atom. The summed E-state index contributed by atoms with van der Waals surface area (Å²) >= 11 is 12.0. The lowest BCUT2D eigenvalue weighted by molar-refractivity contribution is -0.456. The zero-order chi connectivity index (χ0) is 13.8. The van der Waals surface area contributed by atoms with Gasteiger partial charge in [-0.05, 0) is 22.4 Å². The number of rotatable bonds is 3. The van der Waals surface area contributed by atoms with E-state index in [1.54, 1.807) is 18.2 Å². The van der Waals surface area contributed by atoms with E-state index in [9.17, 15) is 0 Å². The summed E-state index contributed by atoms with van der Waals surface area (Å²) in [6.45, 7) is 0. The topological polar surface area (TPSA) is 117 Å². The molecule has 0 aliphatic rings. The van der Waals surface area contributed by atoms with Crippen molar-refractivity contribution >= 4 is 41.1 Å². The zero-order valence-corrected chi connectivity index (χ0v) is 11.0. The van der Waals surface area contributed by atoms with Gasteiger partial charge in [0.05, 0.1) is 15.6 Å². The Labute approximate surface area is 117 Å². The summed E-state index contributed by atoms with van der Waals surface area (Å²) < 4.78 is 4.40. The molecule has 19 heavy (non-hydrogen) atoms. The highest BCUT2D eigenvalue weighted by molar-refractivity contribution is 6.38. The van der Waals surface area contributed by atoms with E-state index in [4.69, 9.17) is 34.7 Å². The number of nitrogens with two attached hydrogens (primary N) is 2. The zero-order valence-electron chi connectivity index (χ0n) is 9.47. The number of nitrogens with one attached hydrogen (secondary N) is 1. The smallest absolute Gasteiger partial charge is 0.224 e. The average Bonchev–Trinajstić information content (AvgIpc) is 2.79. The van der Waals surface area contributed by atoms with Gasteiger partial charge >= 0.3 is 0 Å². The molecule has 0 bridgehead atoms. The van der Waals surface area contributed by atoms with E-state index in [1.165, 1.54) is 6.21 Å². The number of aromatic nitrogens is 2. The van der Waals surface area contributed by atoms with Gasteiger partial charge in [0, 0.05) is 5.10 Å². The van der Waals surface area contributed by atoms with Crippen molar-refractivity contribution in [2.75, 3.05) is 5.73 Å². The Kier molecular flexibility index (Phi) is 3.98. The molecule has 98 valence electrons. The highest BCUT2D eigenvalue weighted by Gasteiger charge is 2.12. The molecule has 1 aromatic carbocycles. The van der Waals surface area contributed by atoms with Crippen LogP contribution in [0.3, 0.4) is 0 Å². The molecule has 2 aromatic rings. The van der Waals surface area contributed by atoms with Crippen LogP contribution in [-0.2, 0) is 0 Å². The lowest BCUT2D eigenvalue weighted by atomic mass is 10.2. The Morgan fingerprint density at radius 2 is 2.00 bits per heavy atom. The van der Waals surface area contributed by atoms with Gasteiger partial charge in [0.2, 0.25) is 12.1 Å². The lowest BCUT2D eigenvalue weighted by Gasteiger charge is -1.95. The first-order valence-corrected chi connectivity index (χ1v) is 5.79. The van der Waals surface area contributed by atoms with Crippen molar-refractivity contribution in [2.24, 2.45) is 10.8 Å². The summed E-state index contributed by atoms with van der Waals surface area (Å²) in [6.07, 6.45) is 1.50. The maximum Gasteiger partial charge on any atom is 0.224 e. The first-order valence-electron chi connectivity index (χ1n) is 5.04. The first kappa shape index (κ1) is 13.3. The van der Waals surface area contributed by atoms with Crippen LogP contribution in [0.5, 0.6) is 0 Å². The Hall–Kier alpha value is -2.12. The quantitative estimate of drug-likeness (QED) is 0.411. The van der Waals surface area contributed by atoms with Crippen LogP contribution in [0, 0.1) is 0 Å². The Bertz CT molecular complexity index is 631. The molecule has 0 amide bonds. The van der Waals surface area contributed by atoms with Gasteiger partial charge in [-0.3, -0.25) is 0 Å². The molecule has 0 saturated heterocycles. The number of amidine groups is 1. The molecule has 9 heteroatoms. The number of anilines is 1. The van der Waals surface area contributed by atoms with Crippen LogP contribution in [0.2, 0.25) is 10.0 Å². The van der Waals surface area contributed by atoms with Gasteiger partial charge in [0.25, 0.3) is 0 Å². The summed E-state index contributed by atoms with van der Waals surface area (Å²) in [4.78, 5) is 0. The molecule has 1 heterocycles. The second-order valence-corrected chi connectivity index (χ2v) is 4.22. The molecule has 0 unspecified atom stereocenters. The van der Waals surface area contributed by atoms with Gasteiger partial charge in [-0.25, -0.2) is 4.63 Å².